The molecular weight excluding hydrogens is 585 g/mol. The molecule has 0 N–H and O–H groups in total. The Morgan fingerprint density at radius 1 is 0.292 bits per heavy atom. The van der Waals surface area contributed by atoms with E-state index in [1.165, 1.54) is 21.5 Å². The predicted molar refractivity (Wildman–Crippen MR) is 201 cm³/mol. The summed E-state index contributed by atoms with van der Waals surface area (Å²) in [6.07, 6.45) is 3.92. The highest BCUT2D eigenvalue weighted by Crippen LogP contribution is 2.40. The minimum Gasteiger partial charge on any atom is -0.295 e. The highest BCUT2D eigenvalue weighted by atomic mass is 15.2. The Morgan fingerprint density at radius 3 is 1.10 bits per heavy atom. The summed E-state index contributed by atoms with van der Waals surface area (Å²) < 4.78 is 0. The highest BCUT2D eigenvalue weighted by Gasteiger charge is 2.18. The molecule has 4 nitrogen and oxygen atoms in total. The van der Waals surface area contributed by atoms with Crippen molar-refractivity contribution in [1.82, 2.24) is 9.97 Å². The number of anilines is 6. The van der Waals surface area contributed by atoms with Crippen LogP contribution in [-0.2, 0) is 0 Å². The third-order valence-corrected chi connectivity index (χ3v) is 9.04. The smallest absolute Gasteiger partial charge is 0.138 e. The van der Waals surface area contributed by atoms with E-state index < -0.39 is 0 Å². The molecule has 0 bridgehead atoms. The summed E-state index contributed by atoms with van der Waals surface area (Å²) in [5, 5.41) is 9.26. The van der Waals surface area contributed by atoms with Gasteiger partial charge in [-0.15, -0.1) is 0 Å². The molecule has 0 aliphatic heterocycles. The number of benzene rings is 7. The molecule has 2 aromatic heterocycles. The van der Waals surface area contributed by atoms with Gasteiger partial charge in [0.2, 0.25) is 0 Å². The molecule has 0 radical (unpaired) electrons. The van der Waals surface area contributed by atoms with E-state index in [0.29, 0.717) is 0 Å². The topological polar surface area (TPSA) is 32.3 Å². The maximum absolute atomic E-state index is 4.94. The highest BCUT2D eigenvalue weighted by molar-refractivity contribution is 6.10. The minimum atomic E-state index is 0.873. The van der Waals surface area contributed by atoms with Gasteiger partial charge in [-0.3, -0.25) is 9.80 Å². The van der Waals surface area contributed by atoms with Gasteiger partial charge in [0.1, 0.15) is 11.6 Å². The van der Waals surface area contributed by atoms with Crippen LogP contribution < -0.4 is 9.80 Å². The third-order valence-electron chi connectivity index (χ3n) is 9.04. The molecule has 0 aliphatic rings. The SMILES string of the molecule is c1ccc(N(c2ccc3ccc4ccc(N(c5ccccc5)c5cc6ccccc6cn5)cc4c3c2)c2cc3ccccc3cn2)cc1. The lowest BCUT2D eigenvalue weighted by atomic mass is 10.00. The average Bonchev–Trinajstić information content (AvgIpc) is 3.16. The molecule has 48 heavy (non-hydrogen) atoms. The summed E-state index contributed by atoms with van der Waals surface area (Å²) >= 11 is 0. The second kappa shape index (κ2) is 11.7. The van der Waals surface area contributed by atoms with Crippen molar-refractivity contribution in [2.45, 2.75) is 0 Å². The second-order valence-corrected chi connectivity index (χ2v) is 12.0. The molecule has 0 aliphatic carbocycles. The molecule has 9 rings (SSSR count). The Balaban J connectivity index is 1.23. The normalized spacial score (nSPS) is 11.3. The van der Waals surface area contributed by atoms with Crippen LogP contribution in [0.25, 0.3) is 43.1 Å². The van der Waals surface area contributed by atoms with Gasteiger partial charge < -0.3 is 0 Å². The molecule has 0 atom stereocenters. The molecule has 0 unspecified atom stereocenters. The van der Waals surface area contributed by atoms with Gasteiger partial charge in [0.15, 0.2) is 0 Å². The third kappa shape index (κ3) is 4.97. The van der Waals surface area contributed by atoms with Crippen molar-refractivity contribution >= 4 is 77.5 Å². The van der Waals surface area contributed by atoms with Gasteiger partial charge in [-0.2, -0.15) is 0 Å². The van der Waals surface area contributed by atoms with E-state index in [2.05, 4.69) is 168 Å². The summed E-state index contributed by atoms with van der Waals surface area (Å²) in [5.41, 5.74) is 4.20. The Morgan fingerprint density at radius 2 is 0.667 bits per heavy atom. The van der Waals surface area contributed by atoms with E-state index in [4.69, 9.17) is 9.97 Å². The number of pyridine rings is 2. The first-order chi connectivity index (χ1) is 23.8. The van der Waals surface area contributed by atoms with Gasteiger partial charge in [-0.25, -0.2) is 9.97 Å². The molecule has 2 heterocycles. The van der Waals surface area contributed by atoms with E-state index in [-0.39, 0.29) is 0 Å². The summed E-state index contributed by atoms with van der Waals surface area (Å²) in [4.78, 5) is 14.4. The maximum Gasteiger partial charge on any atom is 0.138 e. The molecule has 7 aromatic carbocycles. The summed E-state index contributed by atoms with van der Waals surface area (Å²) in [6.45, 7) is 0. The zero-order valence-electron chi connectivity index (χ0n) is 26.1. The first-order valence-corrected chi connectivity index (χ1v) is 16.2. The molecule has 9 aromatic rings. The first kappa shape index (κ1) is 27.8. The zero-order valence-corrected chi connectivity index (χ0v) is 26.1. The van der Waals surface area contributed by atoms with Crippen molar-refractivity contribution < 1.29 is 0 Å². The fraction of sp³-hybridized carbons (Fsp3) is 0. The fourth-order valence-electron chi connectivity index (χ4n) is 6.67. The van der Waals surface area contributed by atoms with Crippen molar-refractivity contribution in [3.05, 3.63) is 182 Å². The van der Waals surface area contributed by atoms with Crippen LogP contribution in [0, 0.1) is 0 Å². The van der Waals surface area contributed by atoms with Crippen LogP contribution in [-0.4, -0.2) is 9.97 Å². The Bertz CT molecular complexity index is 2400. The first-order valence-electron chi connectivity index (χ1n) is 16.2. The van der Waals surface area contributed by atoms with Crippen LogP contribution in [0.2, 0.25) is 0 Å². The lowest BCUT2D eigenvalue weighted by Gasteiger charge is -2.26. The van der Waals surface area contributed by atoms with Crippen molar-refractivity contribution in [2.75, 3.05) is 9.80 Å². The van der Waals surface area contributed by atoms with E-state index in [1.807, 2.05) is 24.5 Å². The molecular formula is C44H30N4. The number of para-hydroxylation sites is 2. The van der Waals surface area contributed by atoms with Crippen LogP contribution in [0.3, 0.4) is 0 Å². The predicted octanol–water partition coefficient (Wildman–Crippen LogP) is 12.0. The van der Waals surface area contributed by atoms with Gasteiger partial charge in [-0.05, 0) is 93.0 Å². The van der Waals surface area contributed by atoms with Gasteiger partial charge >= 0.3 is 0 Å². The monoisotopic (exact) mass is 614 g/mol. The molecule has 4 heteroatoms. The van der Waals surface area contributed by atoms with E-state index >= 15 is 0 Å². The van der Waals surface area contributed by atoms with Gasteiger partial charge in [0.25, 0.3) is 0 Å². The van der Waals surface area contributed by atoms with Crippen molar-refractivity contribution in [1.29, 1.82) is 0 Å². The van der Waals surface area contributed by atoms with Gasteiger partial charge in [0, 0.05) is 45.9 Å². The second-order valence-electron chi connectivity index (χ2n) is 12.0. The molecule has 0 saturated heterocycles. The van der Waals surface area contributed by atoms with E-state index in [0.717, 1.165) is 55.9 Å². The van der Waals surface area contributed by atoms with Crippen LogP contribution in [0.1, 0.15) is 0 Å². The number of nitrogens with zero attached hydrogens (tertiary/aromatic N) is 4. The molecule has 0 amide bonds. The molecule has 0 saturated carbocycles. The van der Waals surface area contributed by atoms with E-state index in [1.54, 1.807) is 0 Å². The molecule has 0 fully saturated rings. The van der Waals surface area contributed by atoms with Crippen LogP contribution in [0.4, 0.5) is 34.4 Å². The van der Waals surface area contributed by atoms with Crippen molar-refractivity contribution in [3.8, 4) is 0 Å². The Hall–Kier alpha value is -6.52. The Kier molecular flexibility index (Phi) is 6.76. The Labute approximate surface area is 278 Å². The zero-order chi connectivity index (χ0) is 31.9. The largest absolute Gasteiger partial charge is 0.295 e. The van der Waals surface area contributed by atoms with Gasteiger partial charge in [0.05, 0.1) is 0 Å². The number of hydrogen-bond acceptors (Lipinski definition) is 4. The van der Waals surface area contributed by atoms with Crippen LogP contribution in [0.15, 0.2) is 182 Å². The average molecular weight is 615 g/mol. The van der Waals surface area contributed by atoms with Crippen molar-refractivity contribution in [3.63, 3.8) is 0 Å². The van der Waals surface area contributed by atoms with Crippen molar-refractivity contribution in [2.24, 2.45) is 0 Å². The van der Waals surface area contributed by atoms with Gasteiger partial charge in [-0.1, -0.05) is 109 Å². The lowest BCUT2D eigenvalue weighted by molar-refractivity contribution is 1.19. The van der Waals surface area contributed by atoms with E-state index in [9.17, 15) is 0 Å². The van der Waals surface area contributed by atoms with Crippen LogP contribution in [0.5, 0.6) is 0 Å². The lowest BCUT2D eigenvalue weighted by Crippen LogP contribution is -2.12. The maximum atomic E-state index is 4.94. The summed E-state index contributed by atoms with van der Waals surface area (Å²) in [6, 6.07) is 59.8. The number of fused-ring (bicyclic) bond motifs is 5. The molecule has 0 spiro atoms. The fourth-order valence-corrected chi connectivity index (χ4v) is 6.67. The quantitative estimate of drug-likeness (QED) is 0.174. The number of aromatic nitrogens is 2. The minimum absolute atomic E-state index is 0.873. The number of rotatable bonds is 6. The summed E-state index contributed by atoms with van der Waals surface area (Å²) in [7, 11) is 0. The molecule has 226 valence electrons. The number of hydrogen-bond donors (Lipinski definition) is 0. The summed E-state index contributed by atoms with van der Waals surface area (Å²) in [5.74, 6) is 1.75. The standard InChI is InChI=1S/C44H30N4/c1-3-15-37(16-4-1)47(43-25-33-11-7-9-13-35(33)29-45-43)39-23-21-31-19-20-32-22-24-40(28-42(32)41(31)27-39)48(38-17-5-2-6-18-38)44-26-34-12-8-10-14-36(34)30-46-44/h1-30H. The van der Waals surface area contributed by atoms with Crippen LogP contribution >= 0.6 is 0 Å².